The first-order valence-corrected chi connectivity index (χ1v) is 5.63. The molecule has 5 nitrogen and oxygen atoms in total. The van der Waals surface area contributed by atoms with E-state index in [1.165, 1.54) is 0 Å². The summed E-state index contributed by atoms with van der Waals surface area (Å²) >= 11 is 0. The Morgan fingerprint density at radius 2 is 2.00 bits per heavy atom. The van der Waals surface area contributed by atoms with Crippen molar-refractivity contribution in [2.75, 3.05) is 47.2 Å². The maximum absolute atomic E-state index is 11.9. The van der Waals surface area contributed by atoms with Crippen LogP contribution in [0, 0.1) is 5.41 Å². The van der Waals surface area contributed by atoms with Gasteiger partial charge in [-0.15, -0.1) is 0 Å². The van der Waals surface area contributed by atoms with Crippen LogP contribution in [0.3, 0.4) is 0 Å². The van der Waals surface area contributed by atoms with Crippen LogP contribution in [-0.4, -0.2) is 58.0 Å². The van der Waals surface area contributed by atoms with E-state index < -0.39 is 5.41 Å². The summed E-state index contributed by atoms with van der Waals surface area (Å²) in [7, 11) is 4.04. The van der Waals surface area contributed by atoms with Gasteiger partial charge in [-0.3, -0.25) is 4.79 Å². The van der Waals surface area contributed by atoms with E-state index >= 15 is 0 Å². The highest BCUT2D eigenvalue weighted by Crippen LogP contribution is 2.21. The monoisotopic (exact) mass is 230 g/mol. The summed E-state index contributed by atoms with van der Waals surface area (Å²) in [6.07, 6.45) is 0.955. The summed E-state index contributed by atoms with van der Waals surface area (Å²) in [5, 5.41) is 2.92. The van der Waals surface area contributed by atoms with Crippen molar-refractivity contribution >= 4 is 5.91 Å². The Balaban J connectivity index is 2.23. The van der Waals surface area contributed by atoms with Gasteiger partial charge in [0.25, 0.3) is 0 Å². The van der Waals surface area contributed by atoms with Crippen molar-refractivity contribution in [3.05, 3.63) is 0 Å². The zero-order valence-corrected chi connectivity index (χ0v) is 10.4. The van der Waals surface area contributed by atoms with Crippen LogP contribution in [0.5, 0.6) is 0 Å². The molecule has 0 aromatic carbocycles. The fraction of sp³-hybridized carbons (Fsp3) is 0.909. The lowest BCUT2D eigenvalue weighted by Gasteiger charge is -2.31. The minimum Gasteiger partial charge on any atom is -0.355 e. The van der Waals surface area contributed by atoms with Gasteiger partial charge in [-0.25, -0.2) is 0 Å². The largest absolute Gasteiger partial charge is 0.355 e. The number of ether oxygens (including phenoxy) is 2. The minimum atomic E-state index is -0.531. The quantitative estimate of drug-likeness (QED) is 0.679. The third kappa shape index (κ3) is 4.08. The van der Waals surface area contributed by atoms with Crippen LogP contribution in [-0.2, 0) is 14.3 Å². The van der Waals surface area contributed by atoms with E-state index in [-0.39, 0.29) is 5.91 Å². The Morgan fingerprint density at radius 3 is 2.56 bits per heavy atom. The van der Waals surface area contributed by atoms with Crippen molar-refractivity contribution in [1.29, 1.82) is 0 Å². The molecule has 1 heterocycles. The van der Waals surface area contributed by atoms with Crippen molar-refractivity contribution in [3.63, 3.8) is 0 Å². The first-order valence-electron chi connectivity index (χ1n) is 5.63. The zero-order chi connectivity index (χ0) is 12.0. The van der Waals surface area contributed by atoms with E-state index in [2.05, 4.69) is 10.2 Å². The lowest BCUT2D eigenvalue weighted by atomic mass is 9.91. The molecule has 0 aliphatic carbocycles. The molecule has 1 fully saturated rings. The second-order valence-corrected chi connectivity index (χ2v) is 4.79. The normalized spacial score (nSPS) is 19.8. The topological polar surface area (TPSA) is 50.8 Å². The van der Waals surface area contributed by atoms with Crippen molar-refractivity contribution in [3.8, 4) is 0 Å². The Labute approximate surface area is 97.1 Å². The predicted octanol–water partition coefficient (Wildman–Crippen LogP) is 0.0649. The molecule has 94 valence electrons. The molecule has 0 bridgehead atoms. The second-order valence-electron chi connectivity index (χ2n) is 4.79. The number of carbonyl (C=O) groups excluding carboxylic acids is 1. The van der Waals surface area contributed by atoms with Gasteiger partial charge < -0.3 is 19.7 Å². The molecule has 0 aromatic heterocycles. The molecular formula is C11H22N2O3. The average Bonchev–Trinajstić information content (AvgIpc) is 2.25. The summed E-state index contributed by atoms with van der Waals surface area (Å²) in [6, 6.07) is 0. The molecular weight excluding hydrogens is 208 g/mol. The SMILES string of the molecule is CN(C)CCCNC(=O)C1(C)COCOC1. The highest BCUT2D eigenvalue weighted by Gasteiger charge is 2.36. The van der Waals surface area contributed by atoms with E-state index in [1.54, 1.807) is 0 Å². The van der Waals surface area contributed by atoms with Gasteiger partial charge in [-0.1, -0.05) is 0 Å². The van der Waals surface area contributed by atoms with Crippen molar-refractivity contribution in [2.24, 2.45) is 5.41 Å². The van der Waals surface area contributed by atoms with Crippen LogP contribution < -0.4 is 5.32 Å². The lowest BCUT2D eigenvalue weighted by molar-refractivity contribution is -0.173. The highest BCUT2D eigenvalue weighted by molar-refractivity contribution is 5.82. The fourth-order valence-corrected chi connectivity index (χ4v) is 1.58. The number of rotatable bonds is 5. The van der Waals surface area contributed by atoms with Crippen LogP contribution in [0.1, 0.15) is 13.3 Å². The second kappa shape index (κ2) is 6.18. The lowest BCUT2D eigenvalue weighted by Crippen LogP contribution is -2.48. The highest BCUT2D eigenvalue weighted by atomic mass is 16.7. The molecule has 0 aromatic rings. The Bertz CT molecular complexity index is 225. The van der Waals surface area contributed by atoms with Gasteiger partial charge in [0.05, 0.1) is 18.6 Å². The molecule has 0 unspecified atom stereocenters. The molecule has 1 aliphatic rings. The molecule has 1 aliphatic heterocycles. The molecule has 1 saturated heterocycles. The van der Waals surface area contributed by atoms with Gasteiger partial charge in [-0.2, -0.15) is 0 Å². The number of nitrogens with one attached hydrogen (secondary N) is 1. The molecule has 0 atom stereocenters. The number of hydrogen-bond donors (Lipinski definition) is 1. The average molecular weight is 230 g/mol. The smallest absolute Gasteiger partial charge is 0.230 e. The van der Waals surface area contributed by atoms with Crippen molar-refractivity contribution in [1.82, 2.24) is 10.2 Å². The number of hydrogen-bond acceptors (Lipinski definition) is 4. The number of nitrogens with zero attached hydrogens (tertiary/aromatic N) is 1. The minimum absolute atomic E-state index is 0.0194. The number of carbonyl (C=O) groups is 1. The molecule has 1 amide bonds. The molecule has 0 saturated carbocycles. The van der Waals surface area contributed by atoms with Gasteiger partial charge in [-0.05, 0) is 34.0 Å². The maximum atomic E-state index is 11.9. The fourth-order valence-electron chi connectivity index (χ4n) is 1.58. The van der Waals surface area contributed by atoms with E-state index in [0.29, 0.717) is 26.6 Å². The zero-order valence-electron chi connectivity index (χ0n) is 10.4. The summed E-state index contributed by atoms with van der Waals surface area (Å²) in [6.45, 7) is 4.71. The van der Waals surface area contributed by atoms with E-state index in [4.69, 9.17) is 9.47 Å². The molecule has 5 heteroatoms. The van der Waals surface area contributed by atoms with Gasteiger partial charge in [0.1, 0.15) is 6.79 Å². The summed E-state index contributed by atoms with van der Waals surface area (Å²) in [5.74, 6) is 0.0194. The third-order valence-corrected chi connectivity index (χ3v) is 2.62. The molecule has 0 spiro atoms. The molecule has 0 radical (unpaired) electrons. The van der Waals surface area contributed by atoms with Gasteiger partial charge in [0.2, 0.25) is 5.91 Å². The molecule has 1 rings (SSSR count). The maximum Gasteiger partial charge on any atom is 0.230 e. The van der Waals surface area contributed by atoms with Crippen LogP contribution in [0.2, 0.25) is 0 Å². The van der Waals surface area contributed by atoms with Crippen molar-refractivity contribution in [2.45, 2.75) is 13.3 Å². The Hall–Kier alpha value is -0.650. The summed E-state index contributed by atoms with van der Waals surface area (Å²) in [4.78, 5) is 14.0. The molecule has 1 N–H and O–H groups in total. The first kappa shape index (κ1) is 13.4. The van der Waals surface area contributed by atoms with Crippen LogP contribution in [0.15, 0.2) is 0 Å². The van der Waals surface area contributed by atoms with Gasteiger partial charge >= 0.3 is 0 Å². The van der Waals surface area contributed by atoms with Gasteiger partial charge in [0, 0.05) is 6.54 Å². The Morgan fingerprint density at radius 1 is 1.38 bits per heavy atom. The van der Waals surface area contributed by atoms with Crippen LogP contribution in [0.4, 0.5) is 0 Å². The van der Waals surface area contributed by atoms with Gasteiger partial charge in [0.15, 0.2) is 0 Å². The van der Waals surface area contributed by atoms with E-state index in [0.717, 1.165) is 13.0 Å². The summed E-state index contributed by atoms with van der Waals surface area (Å²) < 4.78 is 10.3. The van der Waals surface area contributed by atoms with E-state index in [1.807, 2.05) is 21.0 Å². The third-order valence-electron chi connectivity index (χ3n) is 2.62. The molecule has 16 heavy (non-hydrogen) atoms. The van der Waals surface area contributed by atoms with Crippen LogP contribution >= 0.6 is 0 Å². The number of amides is 1. The van der Waals surface area contributed by atoms with Crippen LogP contribution in [0.25, 0.3) is 0 Å². The van der Waals surface area contributed by atoms with Crippen molar-refractivity contribution < 1.29 is 14.3 Å². The van der Waals surface area contributed by atoms with E-state index in [9.17, 15) is 4.79 Å². The Kier molecular flexibility index (Phi) is 5.18. The summed E-state index contributed by atoms with van der Waals surface area (Å²) in [5.41, 5.74) is -0.531. The first-order chi connectivity index (χ1) is 7.54. The standard InChI is InChI=1S/C11H22N2O3/c1-11(7-15-9-16-8-11)10(14)12-5-4-6-13(2)3/h4-9H2,1-3H3,(H,12,14). The predicted molar refractivity (Wildman–Crippen MR) is 61.1 cm³/mol.